The molecule has 140 valence electrons. The lowest BCUT2D eigenvalue weighted by molar-refractivity contribution is -0.122. The fourth-order valence-corrected chi connectivity index (χ4v) is 3.14. The van der Waals surface area contributed by atoms with Gasteiger partial charge in [0.15, 0.2) is 0 Å². The highest BCUT2D eigenvalue weighted by atomic mass is 35.5. The maximum absolute atomic E-state index is 12.3. The second-order valence-electron chi connectivity index (χ2n) is 6.56. The predicted molar refractivity (Wildman–Crippen MR) is 110 cm³/mol. The first-order chi connectivity index (χ1) is 13.2. The minimum Gasteiger partial charge on any atom is -0.346 e. The minimum absolute atomic E-state index is 0.0495. The first-order valence-electron chi connectivity index (χ1n) is 9.30. The maximum Gasteiger partial charge on any atom is 0.220 e. The maximum atomic E-state index is 12.3. The SMILES string of the molecule is CCC(NC(=O)CCCc1ccc(Cl)cc1)c1ncc(-c2ccccc2)[nH]1. The van der Waals surface area contributed by atoms with E-state index in [0.29, 0.717) is 6.42 Å². The Morgan fingerprint density at radius 1 is 1.15 bits per heavy atom. The van der Waals surface area contributed by atoms with Gasteiger partial charge < -0.3 is 10.3 Å². The number of aryl methyl sites for hydroxylation is 1. The van der Waals surface area contributed by atoms with Gasteiger partial charge in [-0.05, 0) is 42.5 Å². The van der Waals surface area contributed by atoms with Gasteiger partial charge in [0.2, 0.25) is 5.91 Å². The van der Waals surface area contributed by atoms with Gasteiger partial charge in [-0.3, -0.25) is 4.79 Å². The zero-order chi connectivity index (χ0) is 19.1. The number of aromatic nitrogens is 2. The van der Waals surface area contributed by atoms with Crippen LogP contribution in [0.2, 0.25) is 5.02 Å². The topological polar surface area (TPSA) is 57.8 Å². The van der Waals surface area contributed by atoms with E-state index in [1.807, 2.05) is 67.7 Å². The number of hydrogen-bond donors (Lipinski definition) is 2. The van der Waals surface area contributed by atoms with Crippen LogP contribution in [0.3, 0.4) is 0 Å². The Balaban J connectivity index is 1.53. The van der Waals surface area contributed by atoms with E-state index in [0.717, 1.165) is 41.4 Å². The molecule has 2 N–H and O–H groups in total. The first-order valence-corrected chi connectivity index (χ1v) is 9.67. The molecule has 3 aromatic rings. The van der Waals surface area contributed by atoms with Gasteiger partial charge in [-0.1, -0.05) is 61.0 Å². The summed E-state index contributed by atoms with van der Waals surface area (Å²) < 4.78 is 0. The van der Waals surface area contributed by atoms with Gasteiger partial charge in [-0.2, -0.15) is 0 Å². The zero-order valence-corrected chi connectivity index (χ0v) is 16.2. The van der Waals surface area contributed by atoms with Crippen LogP contribution < -0.4 is 5.32 Å². The average molecular weight is 382 g/mol. The molecule has 5 heteroatoms. The summed E-state index contributed by atoms with van der Waals surface area (Å²) in [5.41, 5.74) is 3.24. The Bertz CT molecular complexity index is 859. The molecule has 3 rings (SSSR count). The van der Waals surface area contributed by atoms with E-state index >= 15 is 0 Å². The molecular formula is C22H24ClN3O. The van der Waals surface area contributed by atoms with Crippen molar-refractivity contribution in [2.24, 2.45) is 0 Å². The van der Waals surface area contributed by atoms with E-state index in [2.05, 4.69) is 15.3 Å². The third-order valence-corrected chi connectivity index (χ3v) is 4.79. The molecule has 1 aromatic heterocycles. The summed E-state index contributed by atoms with van der Waals surface area (Å²) in [5.74, 6) is 0.843. The van der Waals surface area contributed by atoms with E-state index in [4.69, 9.17) is 11.6 Å². The summed E-state index contributed by atoms with van der Waals surface area (Å²) in [4.78, 5) is 20.1. The van der Waals surface area contributed by atoms with Crippen LogP contribution in [0.4, 0.5) is 0 Å². The number of aromatic amines is 1. The quantitative estimate of drug-likeness (QED) is 0.554. The van der Waals surface area contributed by atoms with Gasteiger partial charge in [-0.25, -0.2) is 4.98 Å². The fraction of sp³-hybridized carbons (Fsp3) is 0.273. The second kappa shape index (κ2) is 9.38. The van der Waals surface area contributed by atoms with Crippen molar-refractivity contribution in [3.63, 3.8) is 0 Å². The molecule has 0 aliphatic carbocycles. The summed E-state index contributed by atoms with van der Waals surface area (Å²) in [5, 5.41) is 3.82. The monoisotopic (exact) mass is 381 g/mol. The molecule has 0 radical (unpaired) electrons. The molecule has 0 saturated carbocycles. The van der Waals surface area contributed by atoms with Gasteiger partial charge in [0.05, 0.1) is 17.9 Å². The molecule has 0 spiro atoms. The van der Waals surface area contributed by atoms with E-state index in [1.54, 1.807) is 0 Å². The number of carbonyl (C=O) groups is 1. The number of benzene rings is 2. The Labute approximate surface area is 165 Å². The molecule has 1 atom stereocenters. The lowest BCUT2D eigenvalue weighted by Gasteiger charge is -2.14. The Morgan fingerprint density at radius 2 is 1.89 bits per heavy atom. The molecule has 2 aromatic carbocycles. The van der Waals surface area contributed by atoms with E-state index in [1.165, 1.54) is 5.56 Å². The summed E-state index contributed by atoms with van der Waals surface area (Å²) in [6.45, 7) is 2.05. The molecule has 0 aliphatic heterocycles. The Morgan fingerprint density at radius 3 is 2.59 bits per heavy atom. The van der Waals surface area contributed by atoms with Crippen molar-refractivity contribution in [3.8, 4) is 11.3 Å². The molecule has 1 unspecified atom stereocenters. The first kappa shape index (κ1) is 19.2. The minimum atomic E-state index is -0.106. The van der Waals surface area contributed by atoms with Crippen molar-refractivity contribution in [1.29, 1.82) is 0 Å². The fourth-order valence-electron chi connectivity index (χ4n) is 3.01. The summed E-state index contributed by atoms with van der Waals surface area (Å²) in [7, 11) is 0. The number of carbonyl (C=O) groups excluding carboxylic acids is 1. The van der Waals surface area contributed by atoms with Crippen molar-refractivity contribution < 1.29 is 4.79 Å². The molecule has 27 heavy (non-hydrogen) atoms. The lowest BCUT2D eigenvalue weighted by Crippen LogP contribution is -2.28. The molecule has 0 bridgehead atoms. The van der Waals surface area contributed by atoms with Crippen molar-refractivity contribution in [2.75, 3.05) is 0 Å². The van der Waals surface area contributed by atoms with Crippen LogP contribution in [0.15, 0.2) is 60.8 Å². The average Bonchev–Trinajstić information content (AvgIpc) is 3.18. The van der Waals surface area contributed by atoms with E-state index < -0.39 is 0 Å². The summed E-state index contributed by atoms with van der Waals surface area (Å²) in [6, 6.07) is 17.7. The van der Waals surface area contributed by atoms with E-state index in [-0.39, 0.29) is 11.9 Å². The number of rotatable bonds is 8. The molecule has 0 fully saturated rings. The van der Waals surface area contributed by atoms with Crippen molar-refractivity contribution in [1.82, 2.24) is 15.3 Å². The van der Waals surface area contributed by atoms with Crippen LogP contribution in [0.25, 0.3) is 11.3 Å². The zero-order valence-electron chi connectivity index (χ0n) is 15.4. The third-order valence-electron chi connectivity index (χ3n) is 4.54. The predicted octanol–water partition coefficient (Wildman–Crippen LogP) is 5.32. The number of hydrogen-bond acceptors (Lipinski definition) is 2. The van der Waals surface area contributed by atoms with Crippen molar-refractivity contribution in [3.05, 3.63) is 77.2 Å². The number of nitrogens with zero attached hydrogens (tertiary/aromatic N) is 1. The van der Waals surface area contributed by atoms with Crippen LogP contribution in [-0.2, 0) is 11.2 Å². The molecule has 0 saturated heterocycles. The van der Waals surface area contributed by atoms with Gasteiger partial charge in [0.25, 0.3) is 0 Å². The third kappa shape index (κ3) is 5.44. The van der Waals surface area contributed by atoms with Crippen LogP contribution in [-0.4, -0.2) is 15.9 Å². The van der Waals surface area contributed by atoms with Gasteiger partial charge in [-0.15, -0.1) is 0 Å². The van der Waals surface area contributed by atoms with Gasteiger partial charge in [0.1, 0.15) is 5.82 Å². The van der Waals surface area contributed by atoms with Crippen molar-refractivity contribution in [2.45, 2.75) is 38.6 Å². The normalized spacial score (nSPS) is 11.9. The highest BCUT2D eigenvalue weighted by Crippen LogP contribution is 2.20. The largest absolute Gasteiger partial charge is 0.346 e. The van der Waals surface area contributed by atoms with Crippen LogP contribution in [0.5, 0.6) is 0 Å². The standard InChI is InChI=1S/C22H24ClN3O/c1-2-19(22-24-15-20(26-22)17-8-4-3-5-9-17)25-21(27)10-6-7-16-11-13-18(23)14-12-16/h3-5,8-9,11-15,19H,2,6-7,10H2,1H3,(H,24,26)(H,25,27). The molecular weight excluding hydrogens is 358 g/mol. The van der Waals surface area contributed by atoms with Gasteiger partial charge in [0, 0.05) is 11.4 Å². The number of amides is 1. The van der Waals surface area contributed by atoms with Crippen LogP contribution in [0, 0.1) is 0 Å². The summed E-state index contributed by atoms with van der Waals surface area (Å²) >= 11 is 5.90. The smallest absolute Gasteiger partial charge is 0.220 e. The second-order valence-corrected chi connectivity index (χ2v) is 6.99. The summed E-state index contributed by atoms with van der Waals surface area (Å²) in [6.07, 6.45) is 4.76. The highest BCUT2D eigenvalue weighted by Gasteiger charge is 2.16. The lowest BCUT2D eigenvalue weighted by atomic mass is 10.1. The van der Waals surface area contributed by atoms with Gasteiger partial charge >= 0.3 is 0 Å². The molecule has 1 heterocycles. The number of imidazole rings is 1. The van der Waals surface area contributed by atoms with Crippen LogP contribution >= 0.6 is 11.6 Å². The van der Waals surface area contributed by atoms with Crippen molar-refractivity contribution >= 4 is 17.5 Å². The number of nitrogens with one attached hydrogen (secondary N) is 2. The van der Waals surface area contributed by atoms with E-state index in [9.17, 15) is 4.79 Å². The highest BCUT2D eigenvalue weighted by molar-refractivity contribution is 6.30. The van der Waals surface area contributed by atoms with Crippen LogP contribution in [0.1, 0.15) is 43.6 Å². The Hall–Kier alpha value is -2.59. The molecule has 0 aliphatic rings. The molecule has 4 nitrogen and oxygen atoms in total. The molecule has 1 amide bonds. The Kier molecular flexibility index (Phi) is 6.66. The number of halogens is 1. The number of H-pyrrole nitrogens is 1.